The molecule has 0 aromatic carbocycles. The lowest BCUT2D eigenvalue weighted by molar-refractivity contribution is -0.0123. The molecular weight excluding hydrogens is 258 g/mol. The summed E-state index contributed by atoms with van der Waals surface area (Å²) in [5, 5.41) is 0. The summed E-state index contributed by atoms with van der Waals surface area (Å²) in [6.07, 6.45) is 11.3. The van der Waals surface area contributed by atoms with Crippen LogP contribution in [-0.2, 0) is 4.74 Å². The lowest BCUT2D eigenvalue weighted by Gasteiger charge is -2.38. The van der Waals surface area contributed by atoms with E-state index in [0.29, 0.717) is 11.5 Å². The van der Waals surface area contributed by atoms with Crippen molar-refractivity contribution < 1.29 is 4.74 Å². The van der Waals surface area contributed by atoms with Crippen molar-refractivity contribution in [1.29, 1.82) is 0 Å². The van der Waals surface area contributed by atoms with Crippen LogP contribution in [0, 0.1) is 11.3 Å². The molecule has 2 fully saturated rings. The minimum Gasteiger partial charge on any atom is -0.377 e. The molecule has 0 aromatic heterocycles. The van der Waals surface area contributed by atoms with E-state index in [2.05, 4.69) is 32.6 Å². The number of hydrogen-bond acceptors (Lipinski definition) is 2. The van der Waals surface area contributed by atoms with E-state index in [1.165, 1.54) is 57.9 Å². The highest BCUT2D eigenvalue weighted by Gasteiger charge is 2.30. The maximum atomic E-state index is 6.20. The van der Waals surface area contributed by atoms with Crippen molar-refractivity contribution in [3.05, 3.63) is 0 Å². The summed E-state index contributed by atoms with van der Waals surface area (Å²) < 4.78 is 6.20. The van der Waals surface area contributed by atoms with Crippen LogP contribution in [0.2, 0.25) is 0 Å². The van der Waals surface area contributed by atoms with Crippen LogP contribution < -0.4 is 0 Å². The fourth-order valence-electron chi connectivity index (χ4n) is 4.25. The van der Waals surface area contributed by atoms with Gasteiger partial charge in [-0.25, -0.2) is 0 Å². The number of nitrogens with zero attached hydrogens (tertiary/aromatic N) is 1. The first-order valence-corrected chi connectivity index (χ1v) is 9.36. The molecule has 1 atom stereocenters. The highest BCUT2D eigenvalue weighted by molar-refractivity contribution is 4.81. The van der Waals surface area contributed by atoms with E-state index in [0.717, 1.165) is 25.1 Å². The smallest absolute Gasteiger partial charge is 0.0597 e. The van der Waals surface area contributed by atoms with Crippen molar-refractivity contribution in [2.75, 3.05) is 19.7 Å². The third kappa shape index (κ3) is 5.25. The zero-order valence-corrected chi connectivity index (χ0v) is 14.9. The van der Waals surface area contributed by atoms with Gasteiger partial charge in [0, 0.05) is 12.6 Å². The molecule has 2 heteroatoms. The first kappa shape index (κ1) is 17.3. The summed E-state index contributed by atoms with van der Waals surface area (Å²) in [6.45, 7) is 12.9. The van der Waals surface area contributed by atoms with Crippen molar-refractivity contribution in [3.63, 3.8) is 0 Å². The van der Waals surface area contributed by atoms with Gasteiger partial charge in [-0.05, 0) is 62.8 Å². The minimum atomic E-state index is 0.479. The van der Waals surface area contributed by atoms with Crippen LogP contribution >= 0.6 is 0 Å². The van der Waals surface area contributed by atoms with Crippen molar-refractivity contribution in [2.24, 2.45) is 11.3 Å². The van der Waals surface area contributed by atoms with E-state index < -0.39 is 0 Å². The number of ether oxygens (including phenoxy) is 1. The van der Waals surface area contributed by atoms with Gasteiger partial charge in [0.2, 0.25) is 0 Å². The molecule has 2 aliphatic rings. The molecule has 21 heavy (non-hydrogen) atoms. The Bertz CT molecular complexity index is 288. The fourth-order valence-corrected chi connectivity index (χ4v) is 4.25. The van der Waals surface area contributed by atoms with Crippen molar-refractivity contribution in [3.8, 4) is 0 Å². The van der Waals surface area contributed by atoms with Crippen LogP contribution in [0.4, 0.5) is 0 Å². The van der Waals surface area contributed by atoms with Gasteiger partial charge in [0.1, 0.15) is 0 Å². The van der Waals surface area contributed by atoms with Crippen LogP contribution in [0.1, 0.15) is 79.1 Å². The number of likely N-dealkylation sites (tertiary alicyclic amines) is 1. The Kier molecular flexibility index (Phi) is 6.55. The Labute approximate surface area is 132 Å². The summed E-state index contributed by atoms with van der Waals surface area (Å²) >= 11 is 0. The van der Waals surface area contributed by atoms with Gasteiger partial charge < -0.3 is 4.74 Å². The molecule has 1 aliphatic heterocycles. The van der Waals surface area contributed by atoms with E-state index in [4.69, 9.17) is 4.74 Å². The van der Waals surface area contributed by atoms with Gasteiger partial charge in [0.25, 0.3) is 0 Å². The van der Waals surface area contributed by atoms with Crippen molar-refractivity contribution in [1.82, 2.24) is 4.90 Å². The maximum Gasteiger partial charge on any atom is 0.0597 e. The lowest BCUT2D eigenvalue weighted by atomic mass is 9.72. The molecule has 1 saturated heterocycles. The minimum absolute atomic E-state index is 0.479. The normalized spacial score (nSPS) is 32.3. The van der Waals surface area contributed by atoms with Gasteiger partial charge in [-0.2, -0.15) is 0 Å². The van der Waals surface area contributed by atoms with Gasteiger partial charge in [-0.1, -0.05) is 34.1 Å². The summed E-state index contributed by atoms with van der Waals surface area (Å²) in [5.41, 5.74) is 0.479. The first-order valence-electron chi connectivity index (χ1n) is 9.36. The van der Waals surface area contributed by atoms with Gasteiger partial charge in [0.15, 0.2) is 0 Å². The van der Waals surface area contributed by atoms with E-state index in [1.54, 1.807) is 0 Å². The largest absolute Gasteiger partial charge is 0.377 e. The lowest BCUT2D eigenvalue weighted by Crippen LogP contribution is -2.41. The Morgan fingerprint density at radius 3 is 2.33 bits per heavy atom. The third-order valence-electron chi connectivity index (χ3n) is 5.85. The number of rotatable bonds is 5. The Hall–Kier alpha value is -0.0800. The van der Waals surface area contributed by atoms with E-state index in [1.807, 2.05) is 0 Å². The molecule has 124 valence electrons. The molecule has 0 amide bonds. The van der Waals surface area contributed by atoms with E-state index in [-0.39, 0.29) is 0 Å². The van der Waals surface area contributed by atoms with Crippen molar-refractivity contribution >= 4 is 0 Å². The van der Waals surface area contributed by atoms with Crippen molar-refractivity contribution in [2.45, 2.75) is 91.2 Å². The Morgan fingerprint density at radius 2 is 1.71 bits per heavy atom. The monoisotopic (exact) mass is 295 g/mol. The molecule has 1 aliphatic carbocycles. The predicted octanol–water partition coefficient (Wildman–Crippen LogP) is 4.87. The molecule has 0 spiro atoms. The van der Waals surface area contributed by atoms with Crippen LogP contribution in [-0.4, -0.2) is 36.7 Å². The summed E-state index contributed by atoms with van der Waals surface area (Å²) in [6, 6.07) is 0.818. The van der Waals surface area contributed by atoms with Gasteiger partial charge in [-0.15, -0.1) is 0 Å². The zero-order valence-electron chi connectivity index (χ0n) is 14.9. The third-order valence-corrected chi connectivity index (χ3v) is 5.85. The van der Waals surface area contributed by atoms with Gasteiger partial charge >= 0.3 is 0 Å². The number of hydrogen-bond donors (Lipinski definition) is 0. The second-order valence-electron chi connectivity index (χ2n) is 8.30. The second kappa shape index (κ2) is 7.97. The predicted molar refractivity (Wildman–Crippen MR) is 90.7 cm³/mol. The van der Waals surface area contributed by atoms with E-state index in [9.17, 15) is 0 Å². The summed E-state index contributed by atoms with van der Waals surface area (Å²) in [4.78, 5) is 2.67. The molecule has 1 heterocycles. The number of piperidine rings is 1. The summed E-state index contributed by atoms with van der Waals surface area (Å²) in [7, 11) is 0. The average Bonchev–Trinajstić information content (AvgIpc) is 2.47. The molecule has 0 radical (unpaired) electrons. The van der Waals surface area contributed by atoms with Gasteiger partial charge in [0.05, 0.1) is 12.7 Å². The molecule has 1 unspecified atom stereocenters. The van der Waals surface area contributed by atoms with Crippen LogP contribution in [0.25, 0.3) is 0 Å². The molecule has 2 rings (SSSR count). The standard InChI is InChI=1S/C19H37NO/c1-5-17-8-6-7-13-20(17)14-15-21-18-11-9-16(10-12-18)19(2,3)4/h16-18H,5-15H2,1-4H3. The topological polar surface area (TPSA) is 12.5 Å². The van der Waals surface area contributed by atoms with Crippen LogP contribution in [0.15, 0.2) is 0 Å². The molecular formula is C19H37NO. The van der Waals surface area contributed by atoms with Crippen LogP contribution in [0.5, 0.6) is 0 Å². The zero-order chi connectivity index (χ0) is 15.3. The van der Waals surface area contributed by atoms with Crippen LogP contribution in [0.3, 0.4) is 0 Å². The SMILES string of the molecule is CCC1CCCCN1CCOC1CCC(C(C)(C)C)CC1. The molecule has 0 N–H and O–H groups in total. The quantitative estimate of drug-likeness (QED) is 0.717. The van der Waals surface area contributed by atoms with E-state index >= 15 is 0 Å². The fraction of sp³-hybridized carbons (Fsp3) is 1.00. The average molecular weight is 296 g/mol. The molecule has 2 nitrogen and oxygen atoms in total. The first-order chi connectivity index (χ1) is 10.0. The summed E-state index contributed by atoms with van der Waals surface area (Å²) in [5.74, 6) is 0.893. The Balaban J connectivity index is 1.63. The molecule has 0 bridgehead atoms. The maximum absolute atomic E-state index is 6.20. The molecule has 1 saturated carbocycles. The second-order valence-corrected chi connectivity index (χ2v) is 8.30. The Morgan fingerprint density at radius 1 is 1.00 bits per heavy atom. The highest BCUT2D eigenvalue weighted by Crippen LogP contribution is 2.38. The van der Waals surface area contributed by atoms with Gasteiger partial charge in [-0.3, -0.25) is 4.90 Å². The highest BCUT2D eigenvalue weighted by atomic mass is 16.5. The molecule has 0 aromatic rings.